The topological polar surface area (TPSA) is 37.3 Å². The van der Waals surface area contributed by atoms with Crippen molar-refractivity contribution in [2.24, 2.45) is 5.92 Å². The van der Waals surface area contributed by atoms with Crippen LogP contribution in [0.2, 0.25) is 5.82 Å². The van der Waals surface area contributed by atoms with Gasteiger partial charge in [0.05, 0.1) is 0 Å². The molecule has 0 bridgehead atoms. The number of aldehydes is 1. The highest BCUT2D eigenvalue weighted by Crippen LogP contribution is 2.30. The van der Waals surface area contributed by atoms with E-state index in [4.69, 9.17) is 5.02 Å². The first kappa shape index (κ1) is 7.80. The second-order valence-electron chi connectivity index (χ2n) is 2.96. The van der Waals surface area contributed by atoms with Gasteiger partial charge in [-0.3, -0.25) is 0 Å². The third-order valence-corrected chi connectivity index (χ3v) is 2.22. The quantitative estimate of drug-likeness (QED) is 0.453. The van der Waals surface area contributed by atoms with E-state index in [-0.39, 0.29) is 5.92 Å². The Morgan fingerprint density at radius 3 is 2.30 bits per heavy atom. The molecule has 1 fully saturated rings. The minimum atomic E-state index is 0.260. The third-order valence-electron chi connectivity index (χ3n) is 2.22. The van der Waals surface area contributed by atoms with Crippen molar-refractivity contribution in [3.63, 3.8) is 0 Å². The number of hydrogen-bond acceptors (Lipinski definition) is 2. The summed E-state index contributed by atoms with van der Waals surface area (Å²) in [6.45, 7) is 0. The lowest BCUT2D eigenvalue weighted by Gasteiger charge is -2.22. The fraction of sp³-hybridized carbons (Fsp3) is 0.857. The summed E-state index contributed by atoms with van der Waals surface area (Å²) in [6, 6.07) is 0. The van der Waals surface area contributed by atoms with E-state index in [0.29, 0.717) is 5.82 Å². The maximum absolute atomic E-state index is 10.3. The van der Waals surface area contributed by atoms with E-state index in [1.54, 1.807) is 0 Å². The number of hydrogen-bond donors (Lipinski definition) is 1. The molecule has 1 aliphatic rings. The van der Waals surface area contributed by atoms with Crippen molar-refractivity contribution in [2.75, 3.05) is 0 Å². The van der Waals surface area contributed by atoms with Crippen LogP contribution in [0.4, 0.5) is 0 Å². The Kier molecular flexibility index (Phi) is 2.94. The van der Waals surface area contributed by atoms with Gasteiger partial charge < -0.3 is 9.82 Å². The zero-order valence-electron chi connectivity index (χ0n) is 5.99. The van der Waals surface area contributed by atoms with Gasteiger partial charge in [0.15, 0.2) is 0 Å². The predicted octanol–water partition coefficient (Wildman–Crippen LogP) is 0.775. The molecular formula is C7H12BO2. The minimum Gasteiger partial charge on any atom is -0.454 e. The van der Waals surface area contributed by atoms with Crippen LogP contribution in [-0.4, -0.2) is 18.8 Å². The van der Waals surface area contributed by atoms with E-state index in [1.807, 2.05) is 0 Å². The van der Waals surface area contributed by atoms with Gasteiger partial charge in [-0.25, -0.2) is 0 Å². The van der Waals surface area contributed by atoms with Crippen molar-refractivity contribution < 1.29 is 9.82 Å². The van der Waals surface area contributed by atoms with Crippen LogP contribution in [0.3, 0.4) is 0 Å². The highest BCUT2D eigenvalue weighted by molar-refractivity contribution is 6.27. The van der Waals surface area contributed by atoms with Gasteiger partial charge in [-0.2, -0.15) is 0 Å². The highest BCUT2D eigenvalue weighted by atomic mass is 16.2. The molecule has 3 heteroatoms. The standard InChI is InChI=1S/C7H12BO2/c9-5-6-1-3-7(8-10)4-2-6/h5-7,10H,1-4H2. The number of rotatable bonds is 2. The van der Waals surface area contributed by atoms with Crippen LogP contribution in [-0.2, 0) is 4.79 Å². The fourth-order valence-electron chi connectivity index (χ4n) is 1.43. The maximum atomic E-state index is 10.3. The number of carbonyl (C=O) groups is 1. The summed E-state index contributed by atoms with van der Waals surface area (Å²) >= 11 is 0. The molecule has 0 amide bonds. The zero-order valence-corrected chi connectivity index (χ0v) is 5.99. The lowest BCUT2D eigenvalue weighted by atomic mass is 9.68. The Morgan fingerprint density at radius 1 is 1.30 bits per heavy atom. The first-order chi connectivity index (χ1) is 4.86. The zero-order chi connectivity index (χ0) is 7.40. The average molecular weight is 139 g/mol. The van der Waals surface area contributed by atoms with Crippen molar-refractivity contribution in [2.45, 2.75) is 31.5 Å². The second kappa shape index (κ2) is 3.76. The molecule has 2 nitrogen and oxygen atoms in total. The molecule has 1 saturated carbocycles. The summed E-state index contributed by atoms with van der Waals surface area (Å²) in [5.41, 5.74) is 0. The van der Waals surface area contributed by atoms with Gasteiger partial charge in [0.2, 0.25) is 0 Å². The van der Waals surface area contributed by atoms with Crippen LogP contribution < -0.4 is 0 Å². The summed E-state index contributed by atoms with van der Waals surface area (Å²) in [4.78, 5) is 10.3. The monoisotopic (exact) mass is 139 g/mol. The summed E-state index contributed by atoms with van der Waals surface area (Å²) < 4.78 is 0. The number of carbonyl (C=O) groups excluding carboxylic acids is 1. The molecule has 0 atom stereocenters. The Morgan fingerprint density at radius 2 is 1.90 bits per heavy atom. The molecule has 1 rings (SSSR count). The van der Waals surface area contributed by atoms with Gasteiger partial charge in [-0.15, -0.1) is 0 Å². The van der Waals surface area contributed by atoms with E-state index >= 15 is 0 Å². The summed E-state index contributed by atoms with van der Waals surface area (Å²) in [5, 5.41) is 8.64. The van der Waals surface area contributed by atoms with Crippen LogP contribution in [0.15, 0.2) is 0 Å². The van der Waals surface area contributed by atoms with E-state index in [9.17, 15) is 4.79 Å². The van der Waals surface area contributed by atoms with Crippen molar-refractivity contribution >= 4 is 13.8 Å². The normalized spacial score (nSPS) is 33.3. The Labute approximate surface area is 61.9 Å². The molecule has 1 radical (unpaired) electrons. The first-order valence-electron chi connectivity index (χ1n) is 3.79. The maximum Gasteiger partial charge on any atom is 0.290 e. The minimum absolute atomic E-state index is 0.260. The van der Waals surface area contributed by atoms with Gasteiger partial charge in [0.25, 0.3) is 7.48 Å². The van der Waals surface area contributed by atoms with Crippen molar-refractivity contribution in [3.8, 4) is 0 Å². The molecule has 55 valence electrons. The Balaban J connectivity index is 2.23. The molecule has 0 saturated heterocycles. The van der Waals surface area contributed by atoms with Crippen molar-refractivity contribution in [1.82, 2.24) is 0 Å². The predicted molar refractivity (Wildman–Crippen MR) is 39.7 cm³/mol. The van der Waals surface area contributed by atoms with Gasteiger partial charge >= 0.3 is 0 Å². The third kappa shape index (κ3) is 1.84. The van der Waals surface area contributed by atoms with Crippen molar-refractivity contribution in [3.05, 3.63) is 0 Å². The molecule has 0 aromatic rings. The molecule has 1 N–H and O–H groups in total. The molecule has 0 spiro atoms. The smallest absolute Gasteiger partial charge is 0.290 e. The first-order valence-corrected chi connectivity index (χ1v) is 3.79. The molecule has 0 heterocycles. The lowest BCUT2D eigenvalue weighted by molar-refractivity contribution is -0.111. The fourth-order valence-corrected chi connectivity index (χ4v) is 1.43. The van der Waals surface area contributed by atoms with Crippen molar-refractivity contribution in [1.29, 1.82) is 0 Å². The van der Waals surface area contributed by atoms with Gasteiger partial charge in [-0.1, -0.05) is 12.8 Å². The average Bonchev–Trinajstić information content (AvgIpc) is 2.05. The molecule has 0 aliphatic heterocycles. The molecule has 1 aliphatic carbocycles. The second-order valence-corrected chi connectivity index (χ2v) is 2.96. The SMILES string of the molecule is O=CC1CCC([B]O)CC1. The van der Waals surface area contributed by atoms with Crippen LogP contribution in [0.25, 0.3) is 0 Å². The van der Waals surface area contributed by atoms with Crippen LogP contribution in [0.5, 0.6) is 0 Å². The summed E-state index contributed by atoms with van der Waals surface area (Å²) in [7, 11) is 1.26. The van der Waals surface area contributed by atoms with E-state index < -0.39 is 0 Å². The lowest BCUT2D eigenvalue weighted by Crippen LogP contribution is -2.15. The summed E-state index contributed by atoms with van der Waals surface area (Å²) in [6.07, 6.45) is 4.88. The van der Waals surface area contributed by atoms with E-state index in [2.05, 4.69) is 0 Å². The Hall–Kier alpha value is -0.305. The van der Waals surface area contributed by atoms with Crippen LogP contribution in [0.1, 0.15) is 25.7 Å². The van der Waals surface area contributed by atoms with E-state index in [0.717, 1.165) is 32.0 Å². The molecule has 0 aromatic heterocycles. The molecule has 0 aromatic carbocycles. The van der Waals surface area contributed by atoms with E-state index in [1.165, 1.54) is 7.48 Å². The summed E-state index contributed by atoms with van der Waals surface area (Å²) in [5.74, 6) is 0.604. The van der Waals surface area contributed by atoms with Crippen LogP contribution in [0, 0.1) is 5.92 Å². The Bertz CT molecular complexity index is 108. The molecule has 0 unspecified atom stereocenters. The van der Waals surface area contributed by atoms with Gasteiger partial charge in [0, 0.05) is 5.92 Å². The van der Waals surface area contributed by atoms with Gasteiger partial charge in [0.1, 0.15) is 6.29 Å². The molecular weight excluding hydrogens is 127 g/mol. The van der Waals surface area contributed by atoms with Gasteiger partial charge in [-0.05, 0) is 18.7 Å². The molecule has 10 heavy (non-hydrogen) atoms. The highest BCUT2D eigenvalue weighted by Gasteiger charge is 2.20. The van der Waals surface area contributed by atoms with Crippen LogP contribution >= 0.6 is 0 Å². The largest absolute Gasteiger partial charge is 0.454 e.